The van der Waals surface area contributed by atoms with Gasteiger partial charge in [0.2, 0.25) is 0 Å². The Kier molecular flexibility index (Phi) is 1.18. The van der Waals surface area contributed by atoms with Crippen LogP contribution in [0, 0.1) is 23.2 Å². The average Bonchev–Trinajstić information content (AvgIpc) is 2.55. The predicted octanol–water partition coefficient (Wildman–Crippen LogP) is 3.39. The molecular weight excluding hydrogens is 144 g/mol. The SMILES string of the molecule is C=C1[C@H]2C[C@H]3CCC[C@]1(C)[C@H]3C2. The van der Waals surface area contributed by atoms with Gasteiger partial charge in [0.05, 0.1) is 0 Å². The Labute approximate surface area is 75.0 Å². The molecule has 3 aliphatic rings. The summed E-state index contributed by atoms with van der Waals surface area (Å²) in [6.07, 6.45) is 7.38. The lowest BCUT2D eigenvalue weighted by molar-refractivity contribution is 0.114. The third-order valence-electron chi connectivity index (χ3n) is 5.01. The van der Waals surface area contributed by atoms with E-state index >= 15 is 0 Å². The van der Waals surface area contributed by atoms with Gasteiger partial charge in [-0.3, -0.25) is 0 Å². The maximum atomic E-state index is 4.33. The maximum Gasteiger partial charge on any atom is -0.00852 e. The summed E-state index contributed by atoms with van der Waals surface area (Å²) in [6, 6.07) is 0. The first-order valence-electron chi connectivity index (χ1n) is 5.41. The lowest BCUT2D eigenvalue weighted by atomic mass is 9.60. The summed E-state index contributed by atoms with van der Waals surface area (Å²) in [4.78, 5) is 0. The van der Waals surface area contributed by atoms with Crippen LogP contribution in [0.3, 0.4) is 0 Å². The third-order valence-corrected chi connectivity index (χ3v) is 5.01. The summed E-state index contributed by atoms with van der Waals surface area (Å²) in [5, 5.41) is 0. The van der Waals surface area contributed by atoms with Crippen LogP contribution in [-0.4, -0.2) is 0 Å². The van der Waals surface area contributed by atoms with Crippen molar-refractivity contribution in [2.24, 2.45) is 23.2 Å². The molecule has 0 aromatic heterocycles. The van der Waals surface area contributed by atoms with E-state index in [9.17, 15) is 0 Å². The van der Waals surface area contributed by atoms with Crippen molar-refractivity contribution in [3.8, 4) is 0 Å². The fourth-order valence-corrected chi connectivity index (χ4v) is 4.29. The molecule has 0 aliphatic heterocycles. The average molecular weight is 162 g/mol. The number of hydrogen-bond acceptors (Lipinski definition) is 0. The highest BCUT2D eigenvalue weighted by Crippen LogP contribution is 2.66. The third kappa shape index (κ3) is 0.616. The molecule has 0 spiro atoms. The molecule has 0 nitrogen and oxygen atoms in total. The number of allylic oxidation sites excluding steroid dienone is 1. The van der Waals surface area contributed by atoms with Crippen LogP contribution in [0.25, 0.3) is 0 Å². The van der Waals surface area contributed by atoms with E-state index in [0.717, 1.165) is 17.8 Å². The molecule has 66 valence electrons. The van der Waals surface area contributed by atoms with Crippen LogP contribution in [0.1, 0.15) is 39.0 Å². The molecular formula is C12H18. The van der Waals surface area contributed by atoms with Crippen LogP contribution in [0.4, 0.5) is 0 Å². The van der Waals surface area contributed by atoms with Crippen molar-refractivity contribution < 1.29 is 0 Å². The lowest BCUT2D eigenvalue weighted by Crippen LogP contribution is -2.35. The van der Waals surface area contributed by atoms with E-state index in [1.807, 2.05) is 0 Å². The molecule has 3 saturated carbocycles. The highest BCUT2D eigenvalue weighted by molar-refractivity contribution is 5.26. The van der Waals surface area contributed by atoms with Crippen LogP contribution in [-0.2, 0) is 0 Å². The first-order valence-corrected chi connectivity index (χ1v) is 5.41. The highest BCUT2D eigenvalue weighted by Gasteiger charge is 2.56. The molecule has 0 aromatic carbocycles. The fraction of sp³-hybridized carbons (Fsp3) is 0.833. The number of rotatable bonds is 0. The van der Waals surface area contributed by atoms with Gasteiger partial charge in [-0.15, -0.1) is 0 Å². The van der Waals surface area contributed by atoms with Gasteiger partial charge in [-0.1, -0.05) is 31.9 Å². The van der Waals surface area contributed by atoms with E-state index in [1.54, 1.807) is 5.57 Å². The molecule has 0 radical (unpaired) electrons. The van der Waals surface area contributed by atoms with Crippen LogP contribution >= 0.6 is 0 Å². The molecule has 3 rings (SSSR count). The van der Waals surface area contributed by atoms with Crippen molar-refractivity contribution in [1.29, 1.82) is 0 Å². The van der Waals surface area contributed by atoms with Gasteiger partial charge in [0.15, 0.2) is 0 Å². The minimum absolute atomic E-state index is 0.575. The molecule has 0 amide bonds. The van der Waals surface area contributed by atoms with Gasteiger partial charge in [0, 0.05) is 0 Å². The first kappa shape index (κ1) is 7.17. The quantitative estimate of drug-likeness (QED) is 0.479. The molecule has 2 bridgehead atoms. The Morgan fingerprint density at radius 1 is 1.42 bits per heavy atom. The van der Waals surface area contributed by atoms with Gasteiger partial charge in [0.1, 0.15) is 0 Å². The summed E-state index contributed by atoms with van der Waals surface area (Å²) in [6.45, 7) is 6.81. The summed E-state index contributed by atoms with van der Waals surface area (Å²) >= 11 is 0. The van der Waals surface area contributed by atoms with E-state index in [2.05, 4.69) is 13.5 Å². The minimum atomic E-state index is 0.575. The standard InChI is InChI=1S/C12H18/c1-8-10-6-9-4-3-5-12(8,2)11(9)7-10/h9-11H,1,3-7H2,2H3/t9-,10+,11+,12+/m1/s1. The Bertz CT molecular complexity index is 240. The molecule has 0 heterocycles. The summed E-state index contributed by atoms with van der Waals surface area (Å²) in [5.41, 5.74) is 2.19. The molecule has 0 saturated heterocycles. The normalized spacial score (nSPS) is 56.4. The molecule has 12 heavy (non-hydrogen) atoms. The molecule has 0 N–H and O–H groups in total. The Morgan fingerprint density at radius 2 is 2.25 bits per heavy atom. The van der Waals surface area contributed by atoms with Gasteiger partial charge < -0.3 is 0 Å². The maximum absolute atomic E-state index is 4.33. The van der Waals surface area contributed by atoms with Crippen molar-refractivity contribution in [3.05, 3.63) is 12.2 Å². The molecule has 0 heteroatoms. The van der Waals surface area contributed by atoms with Crippen LogP contribution in [0.2, 0.25) is 0 Å². The monoisotopic (exact) mass is 162 g/mol. The Balaban J connectivity index is 2.05. The smallest absolute Gasteiger partial charge is 0.00852 e. The van der Waals surface area contributed by atoms with Crippen molar-refractivity contribution in [2.75, 3.05) is 0 Å². The lowest BCUT2D eigenvalue weighted by Gasteiger charge is -2.45. The van der Waals surface area contributed by atoms with Gasteiger partial charge >= 0.3 is 0 Å². The molecule has 4 atom stereocenters. The minimum Gasteiger partial charge on any atom is -0.0990 e. The first-order chi connectivity index (χ1) is 5.72. The molecule has 0 aromatic rings. The van der Waals surface area contributed by atoms with Gasteiger partial charge in [0.25, 0.3) is 0 Å². The van der Waals surface area contributed by atoms with E-state index in [1.165, 1.54) is 32.1 Å². The summed E-state index contributed by atoms with van der Waals surface area (Å²) in [7, 11) is 0. The van der Waals surface area contributed by atoms with Crippen LogP contribution in [0.15, 0.2) is 12.2 Å². The van der Waals surface area contributed by atoms with E-state index < -0.39 is 0 Å². The largest absolute Gasteiger partial charge is 0.0990 e. The molecule has 0 unspecified atom stereocenters. The molecule has 3 fully saturated rings. The zero-order valence-electron chi connectivity index (χ0n) is 7.97. The van der Waals surface area contributed by atoms with Crippen LogP contribution < -0.4 is 0 Å². The van der Waals surface area contributed by atoms with Gasteiger partial charge in [-0.2, -0.15) is 0 Å². The second-order valence-corrected chi connectivity index (χ2v) is 5.37. The second kappa shape index (κ2) is 1.97. The summed E-state index contributed by atoms with van der Waals surface area (Å²) in [5.74, 6) is 3.04. The highest BCUT2D eigenvalue weighted by atomic mass is 14.6. The number of hydrogen-bond donors (Lipinski definition) is 0. The predicted molar refractivity (Wildman–Crippen MR) is 50.8 cm³/mol. The molecule has 3 aliphatic carbocycles. The Morgan fingerprint density at radius 3 is 2.92 bits per heavy atom. The van der Waals surface area contributed by atoms with Gasteiger partial charge in [-0.25, -0.2) is 0 Å². The summed E-state index contributed by atoms with van der Waals surface area (Å²) < 4.78 is 0. The zero-order chi connectivity index (χ0) is 8.34. The van der Waals surface area contributed by atoms with Crippen molar-refractivity contribution in [3.63, 3.8) is 0 Å². The topological polar surface area (TPSA) is 0 Å². The van der Waals surface area contributed by atoms with Crippen molar-refractivity contribution in [1.82, 2.24) is 0 Å². The Hall–Kier alpha value is -0.260. The van der Waals surface area contributed by atoms with Gasteiger partial charge in [-0.05, 0) is 42.4 Å². The van der Waals surface area contributed by atoms with Crippen LogP contribution in [0.5, 0.6) is 0 Å². The van der Waals surface area contributed by atoms with Crippen molar-refractivity contribution >= 4 is 0 Å². The van der Waals surface area contributed by atoms with E-state index in [-0.39, 0.29) is 0 Å². The fourth-order valence-electron chi connectivity index (χ4n) is 4.29. The van der Waals surface area contributed by atoms with Crippen molar-refractivity contribution in [2.45, 2.75) is 39.0 Å². The van der Waals surface area contributed by atoms with E-state index in [4.69, 9.17) is 0 Å². The van der Waals surface area contributed by atoms with E-state index in [0.29, 0.717) is 5.41 Å². The second-order valence-electron chi connectivity index (χ2n) is 5.37. The number of fused-ring (bicyclic) bond motifs is 1. The zero-order valence-corrected chi connectivity index (χ0v) is 7.97.